The highest BCUT2D eigenvalue weighted by molar-refractivity contribution is 7.80. The summed E-state index contributed by atoms with van der Waals surface area (Å²) in [6.45, 7) is 1.93. The summed E-state index contributed by atoms with van der Waals surface area (Å²) in [6.07, 6.45) is -4.35. The second-order valence-electron chi connectivity index (χ2n) is 5.17. The fourth-order valence-corrected chi connectivity index (χ4v) is 2.38. The Hall–Kier alpha value is -2.28. The Kier molecular flexibility index (Phi) is 5.66. The molecule has 0 fully saturated rings. The molecule has 0 saturated carbocycles. The molecule has 128 valence electrons. The number of benzene rings is 2. The molecule has 0 spiro atoms. The van der Waals surface area contributed by atoms with Gasteiger partial charge in [0, 0.05) is 5.69 Å². The summed E-state index contributed by atoms with van der Waals surface area (Å²) in [7, 11) is 1.60. The Morgan fingerprint density at radius 2 is 1.62 bits per heavy atom. The molecular weight excluding hydrogens is 337 g/mol. The van der Waals surface area contributed by atoms with Crippen molar-refractivity contribution in [3.05, 3.63) is 59.7 Å². The van der Waals surface area contributed by atoms with E-state index in [9.17, 15) is 13.2 Å². The van der Waals surface area contributed by atoms with Gasteiger partial charge in [-0.2, -0.15) is 13.2 Å². The van der Waals surface area contributed by atoms with Crippen LogP contribution in [0.5, 0.6) is 5.75 Å². The average Bonchev–Trinajstić information content (AvgIpc) is 2.54. The van der Waals surface area contributed by atoms with E-state index in [1.54, 1.807) is 7.11 Å². The molecule has 0 saturated heterocycles. The van der Waals surface area contributed by atoms with Crippen LogP contribution in [0.3, 0.4) is 0 Å². The third-order valence-corrected chi connectivity index (χ3v) is 3.65. The topological polar surface area (TPSA) is 33.3 Å². The molecule has 0 aliphatic rings. The maximum Gasteiger partial charge on any atom is 0.416 e. The van der Waals surface area contributed by atoms with Crippen LogP contribution in [-0.2, 0) is 6.18 Å². The average molecular weight is 354 g/mol. The number of ether oxygens (including phenoxy) is 1. The first-order valence-corrected chi connectivity index (χ1v) is 7.59. The highest BCUT2D eigenvalue weighted by Gasteiger charge is 2.29. The zero-order valence-corrected chi connectivity index (χ0v) is 14.0. The predicted octanol–water partition coefficient (Wildman–Crippen LogP) is 4.76. The minimum atomic E-state index is -4.35. The molecule has 3 nitrogen and oxygen atoms in total. The van der Waals surface area contributed by atoms with Gasteiger partial charge in [0.15, 0.2) is 5.11 Å². The first kappa shape index (κ1) is 18.1. The number of halogens is 3. The van der Waals surface area contributed by atoms with Crippen molar-refractivity contribution in [3.8, 4) is 5.75 Å². The van der Waals surface area contributed by atoms with E-state index in [1.807, 2.05) is 31.2 Å². The van der Waals surface area contributed by atoms with Gasteiger partial charge in [-0.05, 0) is 61.1 Å². The number of thiocarbonyl (C=S) groups is 1. The zero-order valence-electron chi connectivity index (χ0n) is 13.1. The molecule has 7 heteroatoms. The number of alkyl halides is 3. The Morgan fingerprint density at radius 3 is 2.12 bits per heavy atom. The van der Waals surface area contributed by atoms with Gasteiger partial charge in [-0.15, -0.1) is 0 Å². The summed E-state index contributed by atoms with van der Waals surface area (Å²) in [4.78, 5) is 0. The largest absolute Gasteiger partial charge is 0.497 e. The molecule has 2 aromatic rings. The highest BCUT2D eigenvalue weighted by atomic mass is 32.1. The number of hydrogen-bond donors (Lipinski definition) is 2. The fraction of sp³-hybridized carbons (Fsp3) is 0.235. The molecule has 0 aliphatic carbocycles. The van der Waals surface area contributed by atoms with Crippen molar-refractivity contribution >= 4 is 23.0 Å². The van der Waals surface area contributed by atoms with Crippen LogP contribution < -0.4 is 15.4 Å². The molecule has 0 unspecified atom stereocenters. The third kappa shape index (κ3) is 4.86. The normalized spacial score (nSPS) is 12.4. The van der Waals surface area contributed by atoms with Gasteiger partial charge in [-0.1, -0.05) is 12.1 Å². The summed E-state index contributed by atoms with van der Waals surface area (Å²) < 4.78 is 42.7. The number of rotatable bonds is 4. The van der Waals surface area contributed by atoms with Crippen molar-refractivity contribution in [3.63, 3.8) is 0 Å². The molecule has 0 bridgehead atoms. The summed E-state index contributed by atoms with van der Waals surface area (Å²) in [6, 6.07) is 12.2. The Bertz CT molecular complexity index is 684. The van der Waals surface area contributed by atoms with Crippen LogP contribution in [0, 0.1) is 0 Å². The minimum absolute atomic E-state index is 0.0645. The van der Waals surface area contributed by atoms with Gasteiger partial charge in [0.25, 0.3) is 0 Å². The maximum atomic E-state index is 12.5. The third-order valence-electron chi connectivity index (χ3n) is 3.43. The lowest BCUT2D eigenvalue weighted by Gasteiger charge is -2.18. The lowest BCUT2D eigenvalue weighted by Crippen LogP contribution is -2.30. The van der Waals surface area contributed by atoms with E-state index in [2.05, 4.69) is 10.6 Å². The van der Waals surface area contributed by atoms with E-state index in [1.165, 1.54) is 12.1 Å². The van der Waals surface area contributed by atoms with E-state index in [-0.39, 0.29) is 6.04 Å². The van der Waals surface area contributed by atoms with E-state index < -0.39 is 11.7 Å². The van der Waals surface area contributed by atoms with Crippen LogP contribution in [0.25, 0.3) is 0 Å². The van der Waals surface area contributed by atoms with Crippen LogP contribution in [-0.4, -0.2) is 12.2 Å². The van der Waals surface area contributed by atoms with Crippen molar-refractivity contribution in [2.45, 2.75) is 19.1 Å². The van der Waals surface area contributed by atoms with Gasteiger partial charge in [-0.25, -0.2) is 0 Å². The van der Waals surface area contributed by atoms with Gasteiger partial charge >= 0.3 is 6.18 Å². The maximum absolute atomic E-state index is 12.5. The van der Waals surface area contributed by atoms with Crippen LogP contribution in [0.15, 0.2) is 48.5 Å². The van der Waals surface area contributed by atoms with E-state index in [4.69, 9.17) is 17.0 Å². The molecule has 1 atom stereocenters. The second-order valence-corrected chi connectivity index (χ2v) is 5.58. The molecule has 2 rings (SSSR count). The van der Waals surface area contributed by atoms with Crippen molar-refractivity contribution in [2.24, 2.45) is 0 Å². The lowest BCUT2D eigenvalue weighted by molar-refractivity contribution is -0.137. The number of methoxy groups -OCH3 is 1. The molecule has 2 N–H and O–H groups in total. The molecule has 2 aromatic carbocycles. The molecular formula is C17H17F3N2OS. The van der Waals surface area contributed by atoms with Crippen molar-refractivity contribution in [2.75, 3.05) is 12.4 Å². The summed E-state index contributed by atoms with van der Waals surface area (Å²) in [5.41, 5.74) is 0.799. The molecule has 0 amide bonds. The smallest absolute Gasteiger partial charge is 0.416 e. The van der Waals surface area contributed by atoms with Crippen molar-refractivity contribution in [1.82, 2.24) is 5.32 Å². The van der Waals surface area contributed by atoms with Gasteiger partial charge < -0.3 is 15.4 Å². The fourth-order valence-electron chi connectivity index (χ4n) is 2.08. The lowest BCUT2D eigenvalue weighted by atomic mass is 10.1. The predicted molar refractivity (Wildman–Crippen MR) is 92.2 cm³/mol. The number of anilines is 1. The van der Waals surface area contributed by atoms with E-state index in [0.29, 0.717) is 10.8 Å². The van der Waals surface area contributed by atoms with Gasteiger partial charge in [0.05, 0.1) is 18.7 Å². The van der Waals surface area contributed by atoms with Crippen LogP contribution in [0.1, 0.15) is 24.1 Å². The van der Waals surface area contributed by atoms with Gasteiger partial charge in [0.2, 0.25) is 0 Å². The van der Waals surface area contributed by atoms with Crippen LogP contribution in [0.2, 0.25) is 0 Å². The molecule has 0 aromatic heterocycles. The zero-order chi connectivity index (χ0) is 17.7. The standard InChI is InChI=1S/C17H17F3N2OS/c1-11(12-3-9-15(23-2)10-4-12)21-16(24)22-14-7-5-13(6-8-14)17(18,19)20/h3-11H,1-2H3,(H2,21,22,24)/t11-/m1/s1. The molecule has 0 radical (unpaired) electrons. The monoisotopic (exact) mass is 354 g/mol. The van der Waals surface area contributed by atoms with Gasteiger partial charge in [-0.3, -0.25) is 0 Å². The first-order valence-electron chi connectivity index (χ1n) is 7.18. The highest BCUT2D eigenvalue weighted by Crippen LogP contribution is 2.29. The second kappa shape index (κ2) is 7.53. The summed E-state index contributed by atoms with van der Waals surface area (Å²) >= 11 is 5.20. The quantitative estimate of drug-likeness (QED) is 0.776. The van der Waals surface area contributed by atoms with Crippen LogP contribution >= 0.6 is 12.2 Å². The molecule has 24 heavy (non-hydrogen) atoms. The number of nitrogens with one attached hydrogen (secondary N) is 2. The van der Waals surface area contributed by atoms with E-state index in [0.717, 1.165) is 23.4 Å². The first-order chi connectivity index (χ1) is 11.3. The van der Waals surface area contributed by atoms with Crippen LogP contribution in [0.4, 0.5) is 18.9 Å². The Labute approximate surface area is 143 Å². The van der Waals surface area contributed by atoms with E-state index >= 15 is 0 Å². The van der Waals surface area contributed by atoms with Gasteiger partial charge in [0.1, 0.15) is 5.75 Å². The number of hydrogen-bond acceptors (Lipinski definition) is 2. The molecule has 0 heterocycles. The SMILES string of the molecule is COc1ccc([C@@H](C)NC(=S)Nc2ccc(C(F)(F)F)cc2)cc1. The summed E-state index contributed by atoms with van der Waals surface area (Å²) in [5, 5.41) is 6.29. The Balaban J connectivity index is 1.94. The Morgan fingerprint density at radius 1 is 1.04 bits per heavy atom. The summed E-state index contributed by atoms with van der Waals surface area (Å²) in [5.74, 6) is 0.761. The minimum Gasteiger partial charge on any atom is -0.497 e. The van der Waals surface area contributed by atoms with Crippen molar-refractivity contribution < 1.29 is 17.9 Å². The molecule has 0 aliphatic heterocycles. The van der Waals surface area contributed by atoms with Crippen molar-refractivity contribution in [1.29, 1.82) is 0 Å².